The highest BCUT2D eigenvalue weighted by Crippen LogP contribution is 2.29. The van der Waals surface area contributed by atoms with E-state index in [2.05, 4.69) is 30.9 Å². The summed E-state index contributed by atoms with van der Waals surface area (Å²) in [6, 6.07) is 3.74. The molecule has 8 heteroatoms. The van der Waals surface area contributed by atoms with Crippen molar-refractivity contribution in [3.8, 4) is 11.6 Å². The molecule has 1 aliphatic rings. The maximum absolute atomic E-state index is 5.94. The highest BCUT2D eigenvalue weighted by molar-refractivity contribution is 5.58. The number of nitrogens with zero attached hydrogens (tertiary/aromatic N) is 3. The number of rotatable bonds is 7. The number of aryl methyl sites for hydroxylation is 1. The standard InChI is InChI=1S/C17H24N6O2/c1-11-6-15(18-2)23-17(21-11)22-13-7-14(16(24-3)20-9-13)25-10-12-4-5-19-8-12/h6-7,9,12,19H,4-5,8,10H2,1-3H3,(H2,18,21,22,23)/t12-/m1/s1. The molecule has 0 aromatic carbocycles. The summed E-state index contributed by atoms with van der Waals surface area (Å²) in [5.41, 5.74) is 1.61. The summed E-state index contributed by atoms with van der Waals surface area (Å²) in [5, 5.41) is 9.52. The van der Waals surface area contributed by atoms with Gasteiger partial charge in [0.1, 0.15) is 5.82 Å². The van der Waals surface area contributed by atoms with Crippen LogP contribution in [0.5, 0.6) is 11.6 Å². The minimum absolute atomic E-state index is 0.470. The molecule has 1 saturated heterocycles. The molecule has 3 heterocycles. The van der Waals surface area contributed by atoms with E-state index in [1.54, 1.807) is 13.3 Å². The Morgan fingerprint density at radius 1 is 1.32 bits per heavy atom. The van der Waals surface area contributed by atoms with E-state index in [4.69, 9.17) is 9.47 Å². The lowest BCUT2D eigenvalue weighted by Gasteiger charge is -2.14. The molecule has 1 atom stereocenters. The smallest absolute Gasteiger partial charge is 0.256 e. The Kier molecular flexibility index (Phi) is 5.49. The second-order valence-electron chi connectivity index (χ2n) is 5.99. The lowest BCUT2D eigenvalue weighted by Crippen LogP contribution is -2.16. The number of pyridine rings is 1. The Labute approximate surface area is 147 Å². The minimum Gasteiger partial charge on any atom is -0.488 e. The molecule has 0 amide bonds. The first-order valence-electron chi connectivity index (χ1n) is 8.36. The maximum atomic E-state index is 5.94. The monoisotopic (exact) mass is 344 g/mol. The van der Waals surface area contributed by atoms with Gasteiger partial charge in [0.05, 0.1) is 25.6 Å². The van der Waals surface area contributed by atoms with Crippen LogP contribution in [-0.2, 0) is 0 Å². The van der Waals surface area contributed by atoms with Crippen LogP contribution in [0.1, 0.15) is 12.1 Å². The normalized spacial score (nSPS) is 16.5. The van der Waals surface area contributed by atoms with Crippen molar-refractivity contribution in [3.63, 3.8) is 0 Å². The van der Waals surface area contributed by atoms with Gasteiger partial charge in [-0.15, -0.1) is 0 Å². The topological polar surface area (TPSA) is 93.2 Å². The first-order valence-corrected chi connectivity index (χ1v) is 8.36. The van der Waals surface area contributed by atoms with Gasteiger partial charge in [0, 0.05) is 37.3 Å². The lowest BCUT2D eigenvalue weighted by atomic mass is 10.1. The van der Waals surface area contributed by atoms with Gasteiger partial charge in [0.15, 0.2) is 5.75 Å². The number of nitrogens with one attached hydrogen (secondary N) is 3. The Bertz CT molecular complexity index is 718. The fraction of sp³-hybridized carbons (Fsp3) is 0.471. The van der Waals surface area contributed by atoms with Crippen molar-refractivity contribution in [2.45, 2.75) is 13.3 Å². The predicted octanol–water partition coefficient (Wildman–Crippen LogP) is 1.96. The molecule has 8 nitrogen and oxygen atoms in total. The third-order valence-electron chi connectivity index (χ3n) is 4.02. The molecule has 25 heavy (non-hydrogen) atoms. The zero-order valence-corrected chi connectivity index (χ0v) is 14.8. The van der Waals surface area contributed by atoms with E-state index in [1.807, 2.05) is 26.1 Å². The van der Waals surface area contributed by atoms with E-state index in [9.17, 15) is 0 Å². The number of hydrogen-bond acceptors (Lipinski definition) is 8. The van der Waals surface area contributed by atoms with Crippen molar-refractivity contribution in [3.05, 3.63) is 24.0 Å². The van der Waals surface area contributed by atoms with Gasteiger partial charge in [-0.3, -0.25) is 0 Å². The molecule has 0 radical (unpaired) electrons. The zero-order chi connectivity index (χ0) is 17.6. The SMILES string of the molecule is CNc1cc(C)nc(Nc2cnc(OC)c(OC[C@@H]3CCNC3)c2)n1. The van der Waals surface area contributed by atoms with Crippen LogP contribution in [0.25, 0.3) is 0 Å². The largest absolute Gasteiger partial charge is 0.488 e. The quantitative estimate of drug-likeness (QED) is 0.702. The Hall–Kier alpha value is -2.61. The summed E-state index contributed by atoms with van der Waals surface area (Å²) in [4.78, 5) is 13.1. The predicted molar refractivity (Wildman–Crippen MR) is 96.9 cm³/mol. The van der Waals surface area contributed by atoms with E-state index >= 15 is 0 Å². The lowest BCUT2D eigenvalue weighted by molar-refractivity contribution is 0.244. The molecule has 2 aromatic rings. The molecular formula is C17H24N6O2. The average Bonchev–Trinajstić information content (AvgIpc) is 3.13. The average molecular weight is 344 g/mol. The van der Waals surface area contributed by atoms with Crippen LogP contribution in [0.2, 0.25) is 0 Å². The molecule has 134 valence electrons. The van der Waals surface area contributed by atoms with Gasteiger partial charge < -0.3 is 25.4 Å². The molecule has 1 aliphatic heterocycles. The maximum Gasteiger partial charge on any atom is 0.256 e. The highest BCUT2D eigenvalue weighted by Gasteiger charge is 2.17. The molecule has 3 N–H and O–H groups in total. The Morgan fingerprint density at radius 3 is 2.92 bits per heavy atom. The number of hydrogen-bond donors (Lipinski definition) is 3. The van der Waals surface area contributed by atoms with E-state index in [1.165, 1.54) is 0 Å². The molecule has 0 spiro atoms. The highest BCUT2D eigenvalue weighted by atomic mass is 16.5. The molecule has 0 bridgehead atoms. The number of ether oxygens (including phenoxy) is 2. The van der Waals surface area contributed by atoms with Crippen LogP contribution >= 0.6 is 0 Å². The number of anilines is 3. The summed E-state index contributed by atoms with van der Waals surface area (Å²) < 4.78 is 11.2. The van der Waals surface area contributed by atoms with Gasteiger partial charge in [0.2, 0.25) is 5.95 Å². The molecule has 1 fully saturated rings. The fourth-order valence-corrected chi connectivity index (χ4v) is 2.70. The van der Waals surface area contributed by atoms with Gasteiger partial charge in [0.25, 0.3) is 5.88 Å². The summed E-state index contributed by atoms with van der Waals surface area (Å²) in [6.45, 7) is 4.59. The van der Waals surface area contributed by atoms with E-state index in [0.717, 1.165) is 36.7 Å². The van der Waals surface area contributed by atoms with Crippen molar-refractivity contribution in [1.29, 1.82) is 0 Å². The second kappa shape index (κ2) is 7.98. The molecule has 0 unspecified atom stereocenters. The summed E-state index contributed by atoms with van der Waals surface area (Å²) >= 11 is 0. The number of methoxy groups -OCH3 is 1. The summed E-state index contributed by atoms with van der Waals surface area (Å²) in [5.74, 6) is 2.85. The summed E-state index contributed by atoms with van der Waals surface area (Å²) in [7, 11) is 3.41. The van der Waals surface area contributed by atoms with Gasteiger partial charge in [-0.1, -0.05) is 0 Å². The van der Waals surface area contributed by atoms with Crippen molar-refractivity contribution in [1.82, 2.24) is 20.3 Å². The Balaban J connectivity index is 1.75. The first kappa shape index (κ1) is 17.2. The van der Waals surface area contributed by atoms with Crippen LogP contribution in [-0.4, -0.2) is 48.8 Å². The molecule has 3 rings (SSSR count). The van der Waals surface area contributed by atoms with Crippen LogP contribution in [0.4, 0.5) is 17.5 Å². The van der Waals surface area contributed by atoms with Gasteiger partial charge >= 0.3 is 0 Å². The zero-order valence-electron chi connectivity index (χ0n) is 14.8. The number of aromatic nitrogens is 3. The molecule has 0 saturated carbocycles. The van der Waals surface area contributed by atoms with Crippen molar-refractivity contribution < 1.29 is 9.47 Å². The van der Waals surface area contributed by atoms with Crippen molar-refractivity contribution in [2.75, 3.05) is 44.5 Å². The Morgan fingerprint density at radius 2 is 2.20 bits per heavy atom. The van der Waals surface area contributed by atoms with E-state index in [-0.39, 0.29) is 0 Å². The van der Waals surface area contributed by atoms with Crippen LogP contribution in [0.15, 0.2) is 18.3 Å². The van der Waals surface area contributed by atoms with Gasteiger partial charge in [-0.2, -0.15) is 4.98 Å². The van der Waals surface area contributed by atoms with E-state index < -0.39 is 0 Å². The first-order chi connectivity index (χ1) is 12.2. The third-order valence-corrected chi connectivity index (χ3v) is 4.02. The molecule has 2 aromatic heterocycles. The molecule has 0 aliphatic carbocycles. The summed E-state index contributed by atoms with van der Waals surface area (Å²) in [6.07, 6.45) is 2.80. The van der Waals surface area contributed by atoms with Crippen molar-refractivity contribution >= 4 is 17.5 Å². The van der Waals surface area contributed by atoms with Gasteiger partial charge in [-0.05, 0) is 19.9 Å². The fourth-order valence-electron chi connectivity index (χ4n) is 2.70. The van der Waals surface area contributed by atoms with Crippen LogP contribution in [0.3, 0.4) is 0 Å². The third kappa shape index (κ3) is 4.48. The second-order valence-corrected chi connectivity index (χ2v) is 5.99. The minimum atomic E-state index is 0.470. The van der Waals surface area contributed by atoms with Crippen LogP contribution < -0.4 is 25.4 Å². The molecular weight excluding hydrogens is 320 g/mol. The van der Waals surface area contributed by atoms with Crippen LogP contribution in [0, 0.1) is 12.8 Å². The van der Waals surface area contributed by atoms with E-state index in [0.29, 0.717) is 30.1 Å². The van der Waals surface area contributed by atoms with Gasteiger partial charge in [-0.25, -0.2) is 9.97 Å². The van der Waals surface area contributed by atoms with Crippen molar-refractivity contribution in [2.24, 2.45) is 5.92 Å².